The minimum atomic E-state index is -0.460. The van der Waals surface area contributed by atoms with Gasteiger partial charge in [0.15, 0.2) is 13.2 Å². The lowest BCUT2D eigenvalue weighted by Gasteiger charge is -2.17. The van der Waals surface area contributed by atoms with Crippen LogP contribution < -0.4 is 9.47 Å². The molecule has 0 aliphatic carbocycles. The molecule has 0 radical (unpaired) electrons. The van der Waals surface area contributed by atoms with Gasteiger partial charge in [-0.3, -0.25) is 29.0 Å². The predicted molar refractivity (Wildman–Crippen MR) is 99.4 cm³/mol. The number of ether oxygens (including phenoxy) is 2. The van der Waals surface area contributed by atoms with Gasteiger partial charge in [0.05, 0.1) is 10.0 Å². The van der Waals surface area contributed by atoms with Crippen LogP contribution in [0.1, 0.15) is 25.7 Å². The van der Waals surface area contributed by atoms with Crippen LogP contribution >= 0.6 is 23.2 Å². The molecule has 150 valence electrons. The van der Waals surface area contributed by atoms with Gasteiger partial charge >= 0.3 is 0 Å². The maximum atomic E-state index is 12.1. The highest BCUT2D eigenvalue weighted by Gasteiger charge is 2.28. The maximum absolute atomic E-state index is 12.1. The Hall–Kier alpha value is -2.32. The van der Waals surface area contributed by atoms with Gasteiger partial charge in [0.2, 0.25) is 11.8 Å². The van der Waals surface area contributed by atoms with Gasteiger partial charge in [0.1, 0.15) is 11.5 Å². The summed E-state index contributed by atoms with van der Waals surface area (Å²) in [6.07, 6.45) is 1.97. The van der Waals surface area contributed by atoms with Gasteiger partial charge in [0.25, 0.3) is 11.8 Å². The van der Waals surface area contributed by atoms with Crippen molar-refractivity contribution in [3.05, 3.63) is 22.2 Å². The van der Waals surface area contributed by atoms with Crippen LogP contribution in [0, 0.1) is 0 Å². The normalized spacial score (nSPS) is 16.6. The summed E-state index contributed by atoms with van der Waals surface area (Å²) in [4.78, 5) is 49.7. The molecule has 2 fully saturated rings. The largest absolute Gasteiger partial charge is 0.482 e. The van der Waals surface area contributed by atoms with E-state index in [1.807, 2.05) is 0 Å². The maximum Gasteiger partial charge on any atom is 0.267 e. The van der Waals surface area contributed by atoms with E-state index in [9.17, 15) is 19.2 Å². The molecule has 2 saturated heterocycles. The van der Waals surface area contributed by atoms with E-state index in [0.29, 0.717) is 38.8 Å². The third-order valence-corrected chi connectivity index (χ3v) is 5.03. The van der Waals surface area contributed by atoms with Gasteiger partial charge < -0.3 is 9.47 Å². The van der Waals surface area contributed by atoms with Crippen LogP contribution in [0.5, 0.6) is 11.5 Å². The van der Waals surface area contributed by atoms with Gasteiger partial charge in [-0.2, -0.15) is 0 Å². The van der Waals surface area contributed by atoms with E-state index < -0.39 is 11.8 Å². The van der Waals surface area contributed by atoms with Gasteiger partial charge in [-0.25, -0.2) is 0 Å². The molecule has 0 bridgehead atoms. The van der Waals surface area contributed by atoms with Crippen molar-refractivity contribution in [3.63, 3.8) is 0 Å². The number of hydrogen-bond donors (Lipinski definition) is 0. The highest BCUT2D eigenvalue weighted by Crippen LogP contribution is 2.36. The van der Waals surface area contributed by atoms with E-state index in [0.717, 1.165) is 9.80 Å². The van der Waals surface area contributed by atoms with Crippen molar-refractivity contribution in [2.45, 2.75) is 25.7 Å². The van der Waals surface area contributed by atoms with Crippen molar-refractivity contribution in [2.24, 2.45) is 0 Å². The first kappa shape index (κ1) is 20.4. The fraction of sp³-hybridized carbons (Fsp3) is 0.444. The Morgan fingerprint density at radius 3 is 1.61 bits per heavy atom. The lowest BCUT2D eigenvalue weighted by atomic mass is 10.3. The van der Waals surface area contributed by atoms with E-state index >= 15 is 0 Å². The molecular weight excluding hydrogens is 411 g/mol. The molecule has 10 heteroatoms. The molecule has 3 rings (SSSR count). The minimum Gasteiger partial charge on any atom is -0.482 e. The molecule has 0 saturated carbocycles. The number of imide groups is 2. The average Bonchev–Trinajstić information content (AvgIpc) is 3.27. The minimum absolute atomic E-state index is 0.130. The smallest absolute Gasteiger partial charge is 0.267 e. The van der Waals surface area contributed by atoms with Crippen LogP contribution in [-0.2, 0) is 19.2 Å². The first-order chi connectivity index (χ1) is 13.4. The molecule has 0 unspecified atom stereocenters. The van der Waals surface area contributed by atoms with Gasteiger partial charge in [-0.15, -0.1) is 0 Å². The molecular formula is C18H18Cl2N2O6. The number of halogens is 2. The van der Waals surface area contributed by atoms with Crippen LogP contribution in [0.25, 0.3) is 0 Å². The molecule has 1 aromatic rings. The summed E-state index contributed by atoms with van der Waals surface area (Å²) < 4.78 is 10.8. The third kappa shape index (κ3) is 4.56. The number of nitrogens with zero attached hydrogens (tertiary/aromatic N) is 2. The zero-order chi connectivity index (χ0) is 20.3. The number of amides is 4. The average molecular weight is 429 g/mol. The molecule has 1 aromatic carbocycles. The van der Waals surface area contributed by atoms with Crippen molar-refractivity contribution < 1.29 is 28.7 Å². The van der Waals surface area contributed by atoms with E-state index in [2.05, 4.69) is 0 Å². The molecule has 2 aliphatic rings. The molecule has 0 aromatic heterocycles. The van der Waals surface area contributed by atoms with E-state index in [-0.39, 0.29) is 46.6 Å². The van der Waals surface area contributed by atoms with Crippen molar-refractivity contribution in [3.8, 4) is 11.5 Å². The Morgan fingerprint density at radius 2 is 1.25 bits per heavy atom. The topological polar surface area (TPSA) is 93.2 Å². The lowest BCUT2D eigenvalue weighted by molar-refractivity contribution is -0.144. The summed E-state index contributed by atoms with van der Waals surface area (Å²) in [5.74, 6) is -1.11. The van der Waals surface area contributed by atoms with Crippen LogP contribution in [0.2, 0.25) is 10.0 Å². The monoisotopic (exact) mass is 428 g/mol. The number of likely N-dealkylation sites (tertiary alicyclic amines) is 2. The SMILES string of the molecule is O=C1CCCN1C(=O)COc1cc(OCC(=O)N2CCCC2=O)c(Cl)cc1Cl. The molecule has 0 atom stereocenters. The zero-order valence-corrected chi connectivity index (χ0v) is 16.4. The first-order valence-corrected chi connectivity index (χ1v) is 9.53. The number of benzene rings is 1. The second kappa shape index (κ2) is 8.79. The first-order valence-electron chi connectivity index (χ1n) is 8.78. The highest BCUT2D eigenvalue weighted by atomic mass is 35.5. The van der Waals surface area contributed by atoms with Crippen LogP contribution in [0.15, 0.2) is 12.1 Å². The molecule has 8 nitrogen and oxygen atoms in total. The number of rotatable bonds is 6. The van der Waals surface area contributed by atoms with Crippen molar-refractivity contribution in [2.75, 3.05) is 26.3 Å². The van der Waals surface area contributed by atoms with Gasteiger partial charge in [0, 0.05) is 32.0 Å². The van der Waals surface area contributed by atoms with Crippen LogP contribution in [0.4, 0.5) is 0 Å². The Labute approximate surface area is 171 Å². The van der Waals surface area contributed by atoms with Gasteiger partial charge in [-0.05, 0) is 18.9 Å². The van der Waals surface area contributed by atoms with E-state index in [4.69, 9.17) is 32.7 Å². The van der Waals surface area contributed by atoms with E-state index in [1.165, 1.54) is 12.1 Å². The number of hydrogen-bond acceptors (Lipinski definition) is 6. The summed E-state index contributed by atoms with van der Waals surface area (Å²) in [6.45, 7) is 0.0175. The second-order valence-electron chi connectivity index (χ2n) is 6.38. The molecule has 2 heterocycles. The van der Waals surface area contributed by atoms with Crippen LogP contribution in [-0.4, -0.2) is 59.7 Å². The third-order valence-electron chi connectivity index (χ3n) is 4.44. The molecule has 28 heavy (non-hydrogen) atoms. The molecule has 0 N–H and O–H groups in total. The van der Waals surface area contributed by atoms with Crippen molar-refractivity contribution in [1.82, 2.24) is 9.80 Å². The Balaban J connectivity index is 1.61. The Kier molecular flexibility index (Phi) is 6.41. The summed E-state index contributed by atoms with van der Waals surface area (Å²) in [5, 5.41) is 0.304. The number of carbonyl (C=O) groups is 4. The zero-order valence-electron chi connectivity index (χ0n) is 14.9. The fourth-order valence-electron chi connectivity index (χ4n) is 2.99. The van der Waals surface area contributed by atoms with Crippen LogP contribution in [0.3, 0.4) is 0 Å². The van der Waals surface area contributed by atoms with Gasteiger partial charge in [-0.1, -0.05) is 23.2 Å². The lowest BCUT2D eigenvalue weighted by Crippen LogP contribution is -2.35. The Morgan fingerprint density at radius 1 is 0.821 bits per heavy atom. The summed E-state index contributed by atoms with van der Waals surface area (Å²) in [5.41, 5.74) is 0. The van der Waals surface area contributed by atoms with Crippen molar-refractivity contribution >= 4 is 46.8 Å². The van der Waals surface area contributed by atoms with E-state index in [1.54, 1.807) is 0 Å². The molecule has 2 aliphatic heterocycles. The molecule has 0 spiro atoms. The summed E-state index contributed by atoms with van der Waals surface area (Å²) in [7, 11) is 0. The highest BCUT2D eigenvalue weighted by molar-refractivity contribution is 6.36. The molecule has 4 amide bonds. The number of carbonyl (C=O) groups excluding carboxylic acids is 4. The fourth-order valence-corrected chi connectivity index (χ4v) is 3.48. The standard InChI is InChI=1S/C18H18Cl2N2O6/c19-11-7-12(20)14(28-10-18(26)22-6-2-4-16(22)24)8-13(11)27-9-17(25)21-5-1-3-15(21)23/h7-8H,1-6,9-10H2. The summed E-state index contributed by atoms with van der Waals surface area (Å²) >= 11 is 12.2. The van der Waals surface area contributed by atoms with Crippen molar-refractivity contribution in [1.29, 1.82) is 0 Å². The second-order valence-corrected chi connectivity index (χ2v) is 7.19. The Bertz CT molecular complexity index is 765. The predicted octanol–water partition coefficient (Wildman–Crippen LogP) is 2.05. The quantitative estimate of drug-likeness (QED) is 0.688. The summed E-state index contributed by atoms with van der Waals surface area (Å²) in [6, 6.07) is 2.73.